The van der Waals surface area contributed by atoms with Crippen molar-refractivity contribution < 1.29 is 23.9 Å². The van der Waals surface area contributed by atoms with Gasteiger partial charge in [-0.3, -0.25) is 19.3 Å². The minimum absolute atomic E-state index is 0.0943. The fourth-order valence-electron chi connectivity index (χ4n) is 4.37. The highest BCUT2D eigenvalue weighted by Crippen LogP contribution is 2.31. The second-order valence-electron chi connectivity index (χ2n) is 8.05. The standard InChI is InChI=1S/C26H21N3O5/c1-3-29-21-7-5-4-6-17(21)19-13-16(9-11-22(19)29)27-23(30)14-34-26(33)15-8-10-18-20(12-15)25(32)28(2)24(18)31/h4-13H,3,14H2,1-2H3,(H,27,30). The Morgan fingerprint density at radius 2 is 1.62 bits per heavy atom. The van der Waals surface area contributed by atoms with Gasteiger partial charge in [0.1, 0.15) is 0 Å². The molecule has 0 unspecified atom stereocenters. The van der Waals surface area contributed by atoms with Crippen molar-refractivity contribution in [1.29, 1.82) is 0 Å². The number of aryl methyl sites for hydroxylation is 1. The number of carbonyl (C=O) groups is 4. The van der Waals surface area contributed by atoms with Gasteiger partial charge < -0.3 is 14.6 Å². The molecule has 3 amide bonds. The van der Waals surface area contributed by atoms with Gasteiger partial charge in [-0.1, -0.05) is 18.2 Å². The van der Waals surface area contributed by atoms with Gasteiger partial charge in [-0.15, -0.1) is 0 Å². The van der Waals surface area contributed by atoms with E-state index in [1.807, 2.05) is 36.4 Å². The quantitative estimate of drug-likeness (QED) is 0.364. The van der Waals surface area contributed by atoms with Crippen LogP contribution in [0.2, 0.25) is 0 Å². The maximum atomic E-state index is 12.4. The minimum Gasteiger partial charge on any atom is -0.452 e. The Kier molecular flexibility index (Phi) is 5.13. The first-order valence-corrected chi connectivity index (χ1v) is 10.8. The summed E-state index contributed by atoms with van der Waals surface area (Å²) in [5.41, 5.74) is 3.27. The third-order valence-electron chi connectivity index (χ3n) is 6.03. The summed E-state index contributed by atoms with van der Waals surface area (Å²) in [5.74, 6) is -2.14. The van der Waals surface area contributed by atoms with Crippen LogP contribution in [0, 0.1) is 0 Å². The molecular formula is C26H21N3O5. The monoisotopic (exact) mass is 455 g/mol. The molecular weight excluding hydrogens is 434 g/mol. The average Bonchev–Trinajstić information content (AvgIpc) is 3.28. The Morgan fingerprint density at radius 3 is 2.41 bits per heavy atom. The number of imide groups is 1. The number of fused-ring (bicyclic) bond motifs is 4. The Hall–Kier alpha value is -4.46. The summed E-state index contributed by atoms with van der Waals surface area (Å²) in [6.07, 6.45) is 0. The van der Waals surface area contributed by atoms with Gasteiger partial charge in [-0.2, -0.15) is 0 Å². The van der Waals surface area contributed by atoms with Crippen LogP contribution in [0.4, 0.5) is 5.69 Å². The highest BCUT2D eigenvalue weighted by Gasteiger charge is 2.33. The summed E-state index contributed by atoms with van der Waals surface area (Å²) in [6, 6.07) is 17.9. The van der Waals surface area contributed by atoms with Crippen molar-refractivity contribution in [2.75, 3.05) is 19.0 Å². The number of nitrogens with zero attached hydrogens (tertiary/aromatic N) is 2. The van der Waals surface area contributed by atoms with E-state index in [-0.39, 0.29) is 16.7 Å². The largest absolute Gasteiger partial charge is 0.452 e. The molecule has 1 aromatic heterocycles. The lowest BCUT2D eigenvalue weighted by Gasteiger charge is -2.08. The molecule has 5 rings (SSSR count). The molecule has 0 aliphatic carbocycles. The van der Waals surface area contributed by atoms with Crippen molar-refractivity contribution >= 4 is 51.2 Å². The van der Waals surface area contributed by atoms with E-state index in [0.29, 0.717) is 5.69 Å². The van der Waals surface area contributed by atoms with E-state index in [0.717, 1.165) is 33.3 Å². The maximum absolute atomic E-state index is 12.4. The molecule has 1 aliphatic rings. The number of aromatic nitrogens is 1. The SMILES string of the molecule is CCn1c2ccccc2c2cc(NC(=O)COC(=O)c3ccc4c(c3)C(=O)N(C)C4=O)ccc21. The molecule has 8 heteroatoms. The van der Waals surface area contributed by atoms with E-state index in [2.05, 4.69) is 22.9 Å². The molecule has 34 heavy (non-hydrogen) atoms. The molecule has 0 saturated carbocycles. The summed E-state index contributed by atoms with van der Waals surface area (Å²) in [7, 11) is 1.38. The molecule has 0 spiro atoms. The summed E-state index contributed by atoms with van der Waals surface area (Å²) in [5, 5.41) is 4.88. The minimum atomic E-state index is -0.755. The van der Waals surface area contributed by atoms with E-state index in [9.17, 15) is 19.2 Å². The van der Waals surface area contributed by atoms with Crippen LogP contribution in [0.3, 0.4) is 0 Å². The van der Waals surface area contributed by atoms with E-state index in [1.165, 1.54) is 25.2 Å². The first-order chi connectivity index (χ1) is 16.4. The lowest BCUT2D eigenvalue weighted by molar-refractivity contribution is -0.119. The maximum Gasteiger partial charge on any atom is 0.338 e. The number of anilines is 1. The van der Waals surface area contributed by atoms with Crippen LogP contribution in [0.15, 0.2) is 60.7 Å². The highest BCUT2D eigenvalue weighted by atomic mass is 16.5. The van der Waals surface area contributed by atoms with Gasteiger partial charge in [-0.05, 0) is 49.4 Å². The van der Waals surface area contributed by atoms with Gasteiger partial charge >= 0.3 is 5.97 Å². The molecule has 3 aromatic carbocycles. The van der Waals surface area contributed by atoms with Crippen LogP contribution in [-0.4, -0.2) is 46.8 Å². The predicted octanol–water partition coefficient (Wildman–Crippen LogP) is 3.84. The number of rotatable bonds is 5. The second kappa shape index (κ2) is 8.15. The van der Waals surface area contributed by atoms with Crippen LogP contribution < -0.4 is 5.32 Å². The number of carbonyl (C=O) groups excluding carboxylic acids is 4. The van der Waals surface area contributed by atoms with Crippen molar-refractivity contribution in [3.63, 3.8) is 0 Å². The molecule has 1 aliphatic heterocycles. The molecule has 2 heterocycles. The van der Waals surface area contributed by atoms with Crippen LogP contribution >= 0.6 is 0 Å². The van der Waals surface area contributed by atoms with E-state index >= 15 is 0 Å². The molecule has 0 atom stereocenters. The van der Waals surface area contributed by atoms with Crippen LogP contribution in [-0.2, 0) is 16.1 Å². The zero-order chi connectivity index (χ0) is 24.0. The highest BCUT2D eigenvalue weighted by molar-refractivity contribution is 6.21. The Morgan fingerprint density at radius 1 is 0.882 bits per heavy atom. The number of esters is 1. The van der Waals surface area contributed by atoms with Gasteiger partial charge in [0, 0.05) is 41.1 Å². The van der Waals surface area contributed by atoms with Gasteiger partial charge in [0.25, 0.3) is 17.7 Å². The summed E-state index contributed by atoms with van der Waals surface area (Å²) >= 11 is 0. The lowest BCUT2D eigenvalue weighted by atomic mass is 10.1. The van der Waals surface area contributed by atoms with Gasteiger partial charge in [0.2, 0.25) is 0 Å². The van der Waals surface area contributed by atoms with E-state index < -0.39 is 30.3 Å². The van der Waals surface area contributed by atoms with Crippen molar-refractivity contribution in [1.82, 2.24) is 9.47 Å². The molecule has 8 nitrogen and oxygen atoms in total. The van der Waals surface area contributed by atoms with E-state index in [4.69, 9.17) is 4.74 Å². The molecule has 0 fully saturated rings. The van der Waals surface area contributed by atoms with Gasteiger partial charge in [0.15, 0.2) is 6.61 Å². The third kappa shape index (κ3) is 3.40. The Balaban J connectivity index is 1.29. The van der Waals surface area contributed by atoms with E-state index in [1.54, 1.807) is 0 Å². The average molecular weight is 455 g/mol. The van der Waals surface area contributed by atoms with Crippen molar-refractivity contribution in [2.45, 2.75) is 13.5 Å². The number of ether oxygens (including phenoxy) is 1. The number of nitrogens with one attached hydrogen (secondary N) is 1. The zero-order valence-electron chi connectivity index (χ0n) is 18.6. The molecule has 0 saturated heterocycles. The Labute approximate surface area is 194 Å². The van der Waals surface area contributed by atoms with Crippen molar-refractivity contribution in [3.05, 3.63) is 77.4 Å². The second-order valence-corrected chi connectivity index (χ2v) is 8.05. The van der Waals surface area contributed by atoms with Gasteiger partial charge in [-0.25, -0.2) is 4.79 Å². The molecule has 4 aromatic rings. The first-order valence-electron chi connectivity index (χ1n) is 10.8. The lowest BCUT2D eigenvalue weighted by Crippen LogP contribution is -2.24. The van der Waals surface area contributed by atoms with Crippen molar-refractivity contribution in [2.24, 2.45) is 0 Å². The number of hydrogen-bond acceptors (Lipinski definition) is 5. The van der Waals surface area contributed by atoms with Gasteiger partial charge in [0.05, 0.1) is 16.7 Å². The van der Waals surface area contributed by atoms with Crippen LogP contribution in [0.25, 0.3) is 21.8 Å². The predicted molar refractivity (Wildman–Crippen MR) is 127 cm³/mol. The normalized spacial score (nSPS) is 12.9. The summed E-state index contributed by atoms with van der Waals surface area (Å²) in [4.78, 5) is 50.0. The number of hydrogen-bond donors (Lipinski definition) is 1. The number of benzene rings is 3. The van der Waals surface area contributed by atoms with Crippen LogP contribution in [0.5, 0.6) is 0 Å². The zero-order valence-corrected chi connectivity index (χ0v) is 18.6. The van der Waals surface area contributed by atoms with Crippen molar-refractivity contribution in [3.8, 4) is 0 Å². The first kappa shape index (κ1) is 21.4. The molecule has 0 bridgehead atoms. The summed E-state index contributed by atoms with van der Waals surface area (Å²) < 4.78 is 7.34. The fourth-order valence-corrected chi connectivity index (χ4v) is 4.37. The number of amides is 3. The molecule has 1 N–H and O–H groups in total. The Bertz CT molecular complexity index is 1520. The topological polar surface area (TPSA) is 97.7 Å². The number of para-hydroxylation sites is 1. The fraction of sp³-hybridized carbons (Fsp3) is 0.154. The summed E-state index contributed by atoms with van der Waals surface area (Å²) in [6.45, 7) is 2.42. The molecule has 0 radical (unpaired) electrons. The molecule has 170 valence electrons. The third-order valence-corrected chi connectivity index (χ3v) is 6.03. The van der Waals surface area contributed by atoms with Crippen LogP contribution in [0.1, 0.15) is 38.0 Å². The smallest absolute Gasteiger partial charge is 0.338 e.